The van der Waals surface area contributed by atoms with Gasteiger partial charge in [0.05, 0.1) is 6.04 Å². The molecule has 0 aliphatic rings. The molecule has 1 aromatic heterocycles. The Morgan fingerprint density at radius 2 is 1.80 bits per heavy atom. The van der Waals surface area contributed by atoms with E-state index in [2.05, 4.69) is 10.3 Å². The number of aromatic hydroxyl groups is 1. The molecule has 5 nitrogen and oxygen atoms in total. The molecule has 1 unspecified atom stereocenters. The van der Waals surface area contributed by atoms with E-state index in [9.17, 15) is 9.90 Å². The second kappa shape index (κ2) is 6.68. The van der Waals surface area contributed by atoms with Crippen molar-refractivity contribution in [3.05, 3.63) is 59.9 Å². The average molecular weight is 271 g/mol. The van der Waals surface area contributed by atoms with Crippen LogP contribution < -0.4 is 11.1 Å². The summed E-state index contributed by atoms with van der Waals surface area (Å²) in [5.41, 5.74) is 7.75. The first kappa shape index (κ1) is 14.0. The Balaban J connectivity index is 1.84. The average Bonchev–Trinajstić information content (AvgIpc) is 2.48. The van der Waals surface area contributed by atoms with Crippen LogP contribution in [0.3, 0.4) is 0 Å². The quantitative estimate of drug-likeness (QED) is 0.756. The third-order valence-corrected chi connectivity index (χ3v) is 2.94. The minimum atomic E-state index is -0.610. The number of nitrogens with zero attached hydrogens (tertiary/aromatic N) is 1. The van der Waals surface area contributed by atoms with Gasteiger partial charge in [0.25, 0.3) is 0 Å². The zero-order valence-electron chi connectivity index (χ0n) is 11.0. The number of rotatable bonds is 5. The van der Waals surface area contributed by atoms with E-state index in [1.165, 1.54) is 0 Å². The molecule has 0 saturated heterocycles. The number of hydrogen-bond donors (Lipinski definition) is 3. The van der Waals surface area contributed by atoms with E-state index >= 15 is 0 Å². The van der Waals surface area contributed by atoms with Crippen molar-refractivity contribution >= 4 is 5.91 Å². The molecule has 0 aliphatic carbocycles. The first-order valence-electron chi connectivity index (χ1n) is 6.35. The summed E-state index contributed by atoms with van der Waals surface area (Å²) in [6, 6.07) is 9.74. The van der Waals surface area contributed by atoms with Crippen molar-refractivity contribution in [2.24, 2.45) is 5.73 Å². The van der Waals surface area contributed by atoms with Crippen molar-refractivity contribution in [2.75, 3.05) is 0 Å². The number of amides is 1. The van der Waals surface area contributed by atoms with Crippen LogP contribution in [0.25, 0.3) is 0 Å². The molecule has 4 N–H and O–H groups in total. The van der Waals surface area contributed by atoms with Gasteiger partial charge in [-0.05, 0) is 41.8 Å². The van der Waals surface area contributed by atoms with Crippen molar-refractivity contribution in [3.63, 3.8) is 0 Å². The van der Waals surface area contributed by atoms with Gasteiger partial charge in [-0.2, -0.15) is 0 Å². The molecule has 104 valence electrons. The predicted octanol–water partition coefficient (Wildman–Crippen LogP) is 0.973. The number of benzene rings is 1. The van der Waals surface area contributed by atoms with Crippen molar-refractivity contribution in [2.45, 2.75) is 19.0 Å². The maximum absolute atomic E-state index is 11.9. The van der Waals surface area contributed by atoms with Crippen LogP contribution in [0.15, 0.2) is 48.8 Å². The lowest BCUT2D eigenvalue weighted by atomic mass is 10.1. The van der Waals surface area contributed by atoms with Crippen LogP contribution in [-0.4, -0.2) is 22.0 Å². The number of phenols is 1. The molecule has 1 aromatic carbocycles. The number of nitrogens with two attached hydrogens (primary N) is 1. The maximum atomic E-state index is 11.9. The minimum absolute atomic E-state index is 0.199. The second-order valence-corrected chi connectivity index (χ2v) is 4.55. The summed E-state index contributed by atoms with van der Waals surface area (Å²) in [6.45, 7) is 0.435. The van der Waals surface area contributed by atoms with Gasteiger partial charge in [-0.1, -0.05) is 12.1 Å². The first-order valence-corrected chi connectivity index (χ1v) is 6.35. The fourth-order valence-corrected chi connectivity index (χ4v) is 1.80. The van der Waals surface area contributed by atoms with E-state index in [0.29, 0.717) is 13.0 Å². The van der Waals surface area contributed by atoms with Gasteiger partial charge in [-0.3, -0.25) is 9.78 Å². The Morgan fingerprint density at radius 3 is 2.45 bits per heavy atom. The van der Waals surface area contributed by atoms with Crippen LogP contribution in [0.4, 0.5) is 0 Å². The number of nitrogens with one attached hydrogen (secondary N) is 1. The Labute approximate surface area is 117 Å². The Morgan fingerprint density at radius 1 is 1.15 bits per heavy atom. The third kappa shape index (κ3) is 4.07. The van der Waals surface area contributed by atoms with Gasteiger partial charge in [0.2, 0.25) is 5.91 Å². The highest BCUT2D eigenvalue weighted by Gasteiger charge is 2.13. The Kier molecular flexibility index (Phi) is 4.68. The smallest absolute Gasteiger partial charge is 0.237 e. The van der Waals surface area contributed by atoms with E-state index in [-0.39, 0.29) is 11.7 Å². The summed E-state index contributed by atoms with van der Waals surface area (Å²) in [4.78, 5) is 15.8. The van der Waals surface area contributed by atoms with Gasteiger partial charge < -0.3 is 16.2 Å². The SMILES string of the molecule is NC(Cc1ccc(O)cc1)C(=O)NCc1ccncc1. The van der Waals surface area contributed by atoms with Crippen molar-refractivity contribution in [3.8, 4) is 5.75 Å². The van der Waals surface area contributed by atoms with Crippen LogP contribution in [0.2, 0.25) is 0 Å². The molecule has 0 saturated carbocycles. The highest BCUT2D eigenvalue weighted by molar-refractivity contribution is 5.81. The number of hydrogen-bond acceptors (Lipinski definition) is 4. The molecule has 5 heteroatoms. The van der Waals surface area contributed by atoms with Crippen LogP contribution >= 0.6 is 0 Å². The molecule has 1 atom stereocenters. The minimum Gasteiger partial charge on any atom is -0.508 e. The van der Waals surface area contributed by atoms with Gasteiger partial charge in [-0.15, -0.1) is 0 Å². The topological polar surface area (TPSA) is 88.2 Å². The largest absolute Gasteiger partial charge is 0.508 e. The van der Waals surface area contributed by atoms with E-state index in [1.54, 1.807) is 36.7 Å². The lowest BCUT2D eigenvalue weighted by molar-refractivity contribution is -0.122. The Hall–Kier alpha value is -2.40. The molecule has 1 amide bonds. The molecule has 0 fully saturated rings. The molecule has 0 radical (unpaired) electrons. The van der Waals surface area contributed by atoms with Crippen molar-refractivity contribution in [1.29, 1.82) is 0 Å². The van der Waals surface area contributed by atoms with Crippen LogP contribution in [-0.2, 0) is 17.8 Å². The van der Waals surface area contributed by atoms with Crippen LogP contribution in [0.1, 0.15) is 11.1 Å². The molecule has 0 aliphatic heterocycles. The maximum Gasteiger partial charge on any atom is 0.237 e. The fraction of sp³-hybridized carbons (Fsp3) is 0.200. The number of phenolic OH excluding ortho intramolecular Hbond substituents is 1. The van der Waals surface area contributed by atoms with E-state index in [1.807, 2.05) is 12.1 Å². The second-order valence-electron chi connectivity index (χ2n) is 4.55. The monoisotopic (exact) mass is 271 g/mol. The molecule has 2 rings (SSSR count). The lowest BCUT2D eigenvalue weighted by Gasteiger charge is -2.12. The van der Waals surface area contributed by atoms with E-state index in [0.717, 1.165) is 11.1 Å². The first-order chi connectivity index (χ1) is 9.65. The van der Waals surface area contributed by atoms with Gasteiger partial charge in [0, 0.05) is 18.9 Å². The zero-order valence-corrected chi connectivity index (χ0v) is 11.0. The third-order valence-electron chi connectivity index (χ3n) is 2.94. The summed E-state index contributed by atoms with van der Waals surface area (Å²) in [5.74, 6) is -0.000604. The Bertz CT molecular complexity index is 555. The van der Waals surface area contributed by atoms with Gasteiger partial charge in [0.15, 0.2) is 0 Å². The number of aromatic nitrogens is 1. The van der Waals surface area contributed by atoms with E-state index < -0.39 is 6.04 Å². The molecule has 20 heavy (non-hydrogen) atoms. The summed E-state index contributed by atoms with van der Waals surface area (Å²) in [5, 5.41) is 12.0. The zero-order chi connectivity index (χ0) is 14.4. The normalized spacial score (nSPS) is 11.8. The number of carbonyl (C=O) groups excluding carboxylic acids is 1. The van der Waals surface area contributed by atoms with Crippen molar-refractivity contribution in [1.82, 2.24) is 10.3 Å². The van der Waals surface area contributed by atoms with Gasteiger partial charge >= 0.3 is 0 Å². The molecule has 0 bridgehead atoms. The van der Waals surface area contributed by atoms with E-state index in [4.69, 9.17) is 5.73 Å². The van der Waals surface area contributed by atoms with Crippen LogP contribution in [0.5, 0.6) is 5.75 Å². The predicted molar refractivity (Wildman–Crippen MR) is 75.9 cm³/mol. The van der Waals surface area contributed by atoms with Crippen LogP contribution in [0, 0.1) is 0 Å². The summed E-state index contributed by atoms with van der Waals surface area (Å²) in [6.07, 6.45) is 3.79. The number of carbonyl (C=O) groups is 1. The molecular weight excluding hydrogens is 254 g/mol. The fourth-order valence-electron chi connectivity index (χ4n) is 1.80. The highest BCUT2D eigenvalue weighted by atomic mass is 16.3. The van der Waals surface area contributed by atoms with Gasteiger partial charge in [-0.25, -0.2) is 0 Å². The standard InChI is InChI=1S/C15H17N3O2/c16-14(9-11-1-3-13(19)4-2-11)15(20)18-10-12-5-7-17-8-6-12/h1-8,14,19H,9-10,16H2,(H,18,20). The number of pyridine rings is 1. The molecular formula is C15H17N3O2. The van der Waals surface area contributed by atoms with Gasteiger partial charge in [0.1, 0.15) is 5.75 Å². The van der Waals surface area contributed by atoms with Crippen molar-refractivity contribution < 1.29 is 9.90 Å². The lowest BCUT2D eigenvalue weighted by Crippen LogP contribution is -2.41. The highest BCUT2D eigenvalue weighted by Crippen LogP contribution is 2.10. The molecule has 2 aromatic rings. The molecule has 0 spiro atoms. The summed E-state index contributed by atoms with van der Waals surface area (Å²) < 4.78 is 0. The summed E-state index contributed by atoms with van der Waals surface area (Å²) >= 11 is 0. The molecule has 1 heterocycles. The summed E-state index contributed by atoms with van der Waals surface area (Å²) in [7, 11) is 0.